The average Bonchev–Trinajstić information content (AvgIpc) is 2.62. The van der Waals surface area contributed by atoms with Crippen molar-refractivity contribution in [2.45, 2.75) is 85.2 Å². The SMILES string of the molecule is Cc1nc(C2(NC(C)C)CCCC(C(C)C)CC2)sc1C. The third-order valence-corrected chi connectivity index (χ3v) is 6.34. The Balaban J connectivity index is 2.29. The van der Waals surface area contributed by atoms with E-state index in [0.29, 0.717) is 6.04 Å². The Bertz CT molecular complexity index is 444. The highest BCUT2D eigenvalue weighted by atomic mass is 32.1. The van der Waals surface area contributed by atoms with Gasteiger partial charge in [-0.05, 0) is 58.8 Å². The van der Waals surface area contributed by atoms with Gasteiger partial charge in [0.05, 0.1) is 11.2 Å². The quantitative estimate of drug-likeness (QED) is 0.774. The predicted octanol–water partition coefficient (Wildman–Crippen LogP) is 5.19. The first-order chi connectivity index (χ1) is 9.84. The summed E-state index contributed by atoms with van der Waals surface area (Å²) >= 11 is 1.91. The van der Waals surface area contributed by atoms with Gasteiger partial charge in [-0.25, -0.2) is 4.98 Å². The lowest BCUT2D eigenvalue weighted by molar-refractivity contribution is 0.256. The largest absolute Gasteiger partial charge is 0.303 e. The van der Waals surface area contributed by atoms with Gasteiger partial charge in [-0.2, -0.15) is 0 Å². The van der Waals surface area contributed by atoms with Crippen LogP contribution in [0.1, 0.15) is 75.4 Å². The second-order valence-electron chi connectivity index (χ2n) is 7.48. The van der Waals surface area contributed by atoms with Crippen molar-refractivity contribution in [3.8, 4) is 0 Å². The summed E-state index contributed by atoms with van der Waals surface area (Å²) in [7, 11) is 0. The molecule has 0 spiro atoms. The van der Waals surface area contributed by atoms with Crippen LogP contribution in [0.25, 0.3) is 0 Å². The Morgan fingerprint density at radius 2 is 1.86 bits per heavy atom. The summed E-state index contributed by atoms with van der Waals surface area (Å²) in [5.74, 6) is 1.68. The standard InChI is InChI=1S/C18H32N2S/c1-12(2)16-8-7-10-18(11-9-16,20-13(3)4)17-19-14(5)15(6)21-17/h12-13,16,20H,7-11H2,1-6H3. The molecule has 0 saturated heterocycles. The van der Waals surface area contributed by atoms with E-state index in [2.05, 4.69) is 46.9 Å². The summed E-state index contributed by atoms with van der Waals surface area (Å²) in [6.45, 7) is 13.6. The van der Waals surface area contributed by atoms with Gasteiger partial charge in [-0.15, -0.1) is 11.3 Å². The third-order valence-electron chi connectivity index (χ3n) is 5.07. The highest BCUT2D eigenvalue weighted by molar-refractivity contribution is 7.11. The minimum Gasteiger partial charge on any atom is -0.303 e. The van der Waals surface area contributed by atoms with E-state index in [1.165, 1.54) is 47.7 Å². The molecule has 2 rings (SSSR count). The predicted molar refractivity (Wildman–Crippen MR) is 93.0 cm³/mol. The smallest absolute Gasteiger partial charge is 0.113 e. The molecule has 3 heteroatoms. The summed E-state index contributed by atoms with van der Waals surface area (Å²) in [5.41, 5.74) is 1.33. The number of hydrogen-bond acceptors (Lipinski definition) is 3. The lowest BCUT2D eigenvalue weighted by Crippen LogP contribution is -2.45. The Labute approximate surface area is 134 Å². The molecule has 1 saturated carbocycles. The molecule has 2 nitrogen and oxygen atoms in total. The second-order valence-corrected chi connectivity index (χ2v) is 8.68. The van der Waals surface area contributed by atoms with Crippen LogP contribution in [0.4, 0.5) is 0 Å². The van der Waals surface area contributed by atoms with Gasteiger partial charge in [0.15, 0.2) is 0 Å². The van der Waals surface area contributed by atoms with Crippen molar-refractivity contribution < 1.29 is 0 Å². The Morgan fingerprint density at radius 3 is 2.38 bits per heavy atom. The van der Waals surface area contributed by atoms with Crippen LogP contribution in [-0.2, 0) is 5.54 Å². The molecule has 0 bridgehead atoms. The minimum absolute atomic E-state index is 0.113. The zero-order valence-corrected chi connectivity index (χ0v) is 15.4. The monoisotopic (exact) mass is 308 g/mol. The van der Waals surface area contributed by atoms with Gasteiger partial charge in [0.2, 0.25) is 0 Å². The lowest BCUT2D eigenvalue weighted by Gasteiger charge is -2.34. The summed E-state index contributed by atoms with van der Waals surface area (Å²) < 4.78 is 0. The molecule has 1 fully saturated rings. The lowest BCUT2D eigenvalue weighted by atomic mass is 9.86. The molecule has 0 aliphatic heterocycles. The maximum atomic E-state index is 4.93. The van der Waals surface area contributed by atoms with Gasteiger partial charge in [0, 0.05) is 10.9 Å². The molecule has 0 radical (unpaired) electrons. The molecule has 1 N–H and O–H groups in total. The van der Waals surface area contributed by atoms with Crippen LogP contribution in [0.3, 0.4) is 0 Å². The van der Waals surface area contributed by atoms with E-state index in [1.807, 2.05) is 11.3 Å². The number of nitrogens with zero attached hydrogens (tertiary/aromatic N) is 1. The number of rotatable bonds is 4. The van der Waals surface area contributed by atoms with Gasteiger partial charge in [0.1, 0.15) is 5.01 Å². The number of nitrogens with one attached hydrogen (secondary N) is 1. The van der Waals surface area contributed by atoms with Crippen LogP contribution in [0.15, 0.2) is 0 Å². The van der Waals surface area contributed by atoms with E-state index in [1.54, 1.807) is 0 Å². The molecule has 1 aliphatic carbocycles. The van der Waals surface area contributed by atoms with Crippen molar-refractivity contribution >= 4 is 11.3 Å². The summed E-state index contributed by atoms with van der Waals surface area (Å²) in [4.78, 5) is 6.30. The molecular weight excluding hydrogens is 276 g/mol. The first kappa shape index (κ1) is 17.0. The molecule has 2 atom stereocenters. The molecule has 120 valence electrons. The van der Waals surface area contributed by atoms with Crippen molar-refractivity contribution in [3.05, 3.63) is 15.6 Å². The van der Waals surface area contributed by atoms with E-state index in [9.17, 15) is 0 Å². The van der Waals surface area contributed by atoms with Gasteiger partial charge >= 0.3 is 0 Å². The van der Waals surface area contributed by atoms with E-state index in [0.717, 1.165) is 11.8 Å². The zero-order valence-electron chi connectivity index (χ0n) is 14.6. The summed E-state index contributed by atoms with van der Waals surface area (Å²) in [5, 5.41) is 5.23. The highest BCUT2D eigenvalue weighted by Crippen LogP contribution is 2.42. The second kappa shape index (κ2) is 6.78. The fourth-order valence-corrected chi connectivity index (χ4v) is 4.81. The van der Waals surface area contributed by atoms with Crippen LogP contribution >= 0.6 is 11.3 Å². The molecule has 0 amide bonds. The number of thiazole rings is 1. The first-order valence-electron chi connectivity index (χ1n) is 8.56. The number of hydrogen-bond donors (Lipinski definition) is 1. The normalized spacial score (nSPS) is 27.3. The van der Waals surface area contributed by atoms with Crippen molar-refractivity contribution in [1.82, 2.24) is 10.3 Å². The van der Waals surface area contributed by atoms with Gasteiger partial charge in [-0.3, -0.25) is 0 Å². The Kier molecular flexibility index (Phi) is 5.48. The van der Waals surface area contributed by atoms with Crippen LogP contribution < -0.4 is 5.32 Å². The average molecular weight is 309 g/mol. The first-order valence-corrected chi connectivity index (χ1v) is 9.38. The number of aryl methyl sites for hydroxylation is 2. The fraction of sp³-hybridized carbons (Fsp3) is 0.833. The molecule has 1 heterocycles. The van der Waals surface area contributed by atoms with E-state index >= 15 is 0 Å². The van der Waals surface area contributed by atoms with Crippen molar-refractivity contribution in [1.29, 1.82) is 0 Å². The summed E-state index contributed by atoms with van der Waals surface area (Å²) in [6, 6.07) is 0.505. The van der Waals surface area contributed by atoms with E-state index in [4.69, 9.17) is 4.98 Å². The minimum atomic E-state index is 0.113. The maximum absolute atomic E-state index is 4.93. The fourth-order valence-electron chi connectivity index (χ4n) is 3.68. The maximum Gasteiger partial charge on any atom is 0.113 e. The van der Waals surface area contributed by atoms with Crippen LogP contribution in [0.5, 0.6) is 0 Å². The van der Waals surface area contributed by atoms with Gasteiger partial charge in [-0.1, -0.05) is 26.7 Å². The van der Waals surface area contributed by atoms with Crippen molar-refractivity contribution in [2.24, 2.45) is 11.8 Å². The number of aromatic nitrogens is 1. The Hall–Kier alpha value is -0.410. The molecule has 1 aliphatic rings. The molecule has 1 aromatic rings. The van der Waals surface area contributed by atoms with Gasteiger partial charge < -0.3 is 5.32 Å². The molecule has 1 aromatic heterocycles. The van der Waals surface area contributed by atoms with Gasteiger partial charge in [0.25, 0.3) is 0 Å². The van der Waals surface area contributed by atoms with Crippen LogP contribution in [0.2, 0.25) is 0 Å². The van der Waals surface area contributed by atoms with E-state index in [-0.39, 0.29) is 5.54 Å². The molecule has 2 unspecified atom stereocenters. The van der Waals surface area contributed by atoms with Crippen LogP contribution in [0, 0.1) is 25.7 Å². The zero-order chi connectivity index (χ0) is 15.6. The topological polar surface area (TPSA) is 24.9 Å². The van der Waals surface area contributed by atoms with Crippen molar-refractivity contribution in [3.63, 3.8) is 0 Å². The Morgan fingerprint density at radius 1 is 1.14 bits per heavy atom. The van der Waals surface area contributed by atoms with Crippen molar-refractivity contribution in [2.75, 3.05) is 0 Å². The molecular formula is C18H32N2S. The molecule has 0 aromatic carbocycles. The van der Waals surface area contributed by atoms with E-state index < -0.39 is 0 Å². The highest BCUT2D eigenvalue weighted by Gasteiger charge is 2.38. The third kappa shape index (κ3) is 3.87. The van der Waals surface area contributed by atoms with Crippen LogP contribution in [-0.4, -0.2) is 11.0 Å². The molecule has 21 heavy (non-hydrogen) atoms. The summed E-state index contributed by atoms with van der Waals surface area (Å²) in [6.07, 6.45) is 6.50.